The van der Waals surface area contributed by atoms with Crippen LogP contribution in [0.25, 0.3) is 0 Å². The van der Waals surface area contributed by atoms with Crippen LogP contribution >= 0.6 is 15.9 Å². The summed E-state index contributed by atoms with van der Waals surface area (Å²) in [6.45, 7) is 0.415. The van der Waals surface area contributed by atoms with E-state index in [1.54, 1.807) is 18.2 Å². The summed E-state index contributed by atoms with van der Waals surface area (Å²) in [4.78, 5) is 12.2. The molecule has 0 spiro atoms. The number of hydrogen-bond donors (Lipinski definition) is 3. The van der Waals surface area contributed by atoms with E-state index >= 15 is 0 Å². The summed E-state index contributed by atoms with van der Waals surface area (Å²) >= 11 is 3.32. The zero-order chi connectivity index (χ0) is 16.3. The van der Waals surface area contributed by atoms with Crippen LogP contribution in [-0.2, 0) is 15.0 Å². The molecule has 0 aliphatic carbocycles. The first-order chi connectivity index (χ1) is 10.3. The number of rotatable bonds is 4. The van der Waals surface area contributed by atoms with Crippen molar-refractivity contribution in [3.05, 3.63) is 28.7 Å². The third-order valence-corrected chi connectivity index (χ3v) is 5.10. The molecule has 120 valence electrons. The Morgan fingerprint density at radius 1 is 1.36 bits per heavy atom. The van der Waals surface area contributed by atoms with Gasteiger partial charge in [-0.15, -0.1) is 0 Å². The van der Waals surface area contributed by atoms with Gasteiger partial charge in [0.05, 0.1) is 0 Å². The van der Waals surface area contributed by atoms with Gasteiger partial charge in [0.1, 0.15) is 0 Å². The molecule has 0 saturated carbocycles. The van der Waals surface area contributed by atoms with Crippen molar-refractivity contribution in [1.82, 2.24) is 4.31 Å². The zero-order valence-electron chi connectivity index (χ0n) is 11.8. The van der Waals surface area contributed by atoms with E-state index in [1.807, 2.05) is 6.07 Å². The summed E-state index contributed by atoms with van der Waals surface area (Å²) in [5.74, 6) is -0.855. The van der Waals surface area contributed by atoms with E-state index in [2.05, 4.69) is 21.2 Å². The fourth-order valence-corrected chi connectivity index (χ4v) is 3.47. The summed E-state index contributed by atoms with van der Waals surface area (Å²) in [5.41, 5.74) is 0.648. The number of anilines is 1. The number of nitrogens with zero attached hydrogens (tertiary/aromatic N) is 1. The average molecular weight is 389 g/mol. The molecule has 1 aliphatic heterocycles. The number of nitrogens with two attached hydrogens (primary N) is 1. The van der Waals surface area contributed by atoms with Crippen molar-refractivity contribution in [3.63, 3.8) is 0 Å². The van der Waals surface area contributed by atoms with Crippen LogP contribution in [0.4, 0.5) is 5.69 Å². The molecule has 22 heavy (non-hydrogen) atoms. The summed E-state index contributed by atoms with van der Waals surface area (Å²) in [5, 5.41) is 15.7. The summed E-state index contributed by atoms with van der Waals surface area (Å²) < 4.78 is 24.5. The molecule has 0 radical (unpaired) electrons. The number of hydrogen-bond acceptors (Lipinski definition) is 4. The van der Waals surface area contributed by atoms with Crippen molar-refractivity contribution < 1.29 is 13.2 Å². The maximum Gasteiger partial charge on any atom is 0.276 e. The van der Waals surface area contributed by atoms with Gasteiger partial charge in [-0.1, -0.05) is 22.0 Å². The molecular weight excluding hydrogens is 372 g/mol. The lowest BCUT2D eigenvalue weighted by molar-refractivity contribution is -0.117. The molecule has 0 amide bonds. The second-order valence-electron chi connectivity index (χ2n) is 5.09. The van der Waals surface area contributed by atoms with Gasteiger partial charge < -0.3 is 5.32 Å². The normalized spacial score (nSPS) is 17.2. The van der Waals surface area contributed by atoms with Crippen LogP contribution in [0.3, 0.4) is 0 Å². The number of Topliss-reactive ketones (excluding diaryl/α,β-unsaturated/α-hetero) is 1. The highest BCUT2D eigenvalue weighted by Gasteiger charge is 2.30. The van der Waals surface area contributed by atoms with Crippen LogP contribution in [0.5, 0.6) is 0 Å². The molecule has 0 aromatic heterocycles. The first kappa shape index (κ1) is 17.1. The number of ketones is 1. The Hall–Kier alpha value is -1.29. The molecule has 1 heterocycles. The molecule has 0 unspecified atom stereocenters. The van der Waals surface area contributed by atoms with Gasteiger partial charge in [0.25, 0.3) is 10.2 Å². The lowest BCUT2D eigenvalue weighted by Crippen LogP contribution is -2.44. The summed E-state index contributed by atoms with van der Waals surface area (Å²) in [6.07, 6.45) is 0.746. The fourth-order valence-electron chi connectivity index (χ4n) is 2.35. The van der Waals surface area contributed by atoms with E-state index < -0.39 is 10.2 Å². The Kier molecular flexibility index (Phi) is 5.32. The molecule has 2 rings (SSSR count). The van der Waals surface area contributed by atoms with Gasteiger partial charge in [0.15, 0.2) is 5.84 Å². The van der Waals surface area contributed by atoms with Gasteiger partial charge in [-0.05, 0) is 31.0 Å². The topological polar surface area (TPSA) is 116 Å². The number of nitrogens with one attached hydrogen (secondary N) is 2. The first-order valence-corrected chi connectivity index (χ1v) is 9.00. The molecule has 7 nitrogen and oxygen atoms in total. The van der Waals surface area contributed by atoms with Gasteiger partial charge in [-0.3, -0.25) is 10.2 Å². The maximum atomic E-state index is 12.2. The molecule has 1 aromatic rings. The molecule has 1 aliphatic rings. The lowest BCUT2D eigenvalue weighted by atomic mass is 9.93. The van der Waals surface area contributed by atoms with E-state index in [0.29, 0.717) is 18.5 Å². The van der Waals surface area contributed by atoms with E-state index in [9.17, 15) is 13.2 Å². The molecule has 9 heteroatoms. The van der Waals surface area contributed by atoms with Crippen LogP contribution in [0, 0.1) is 11.3 Å². The fraction of sp³-hybridized carbons (Fsp3) is 0.385. The summed E-state index contributed by atoms with van der Waals surface area (Å²) in [6, 6.07) is 7.18. The van der Waals surface area contributed by atoms with E-state index in [4.69, 9.17) is 10.5 Å². The second-order valence-corrected chi connectivity index (χ2v) is 7.55. The van der Waals surface area contributed by atoms with Crippen LogP contribution in [0.1, 0.15) is 12.8 Å². The lowest BCUT2D eigenvalue weighted by Gasteiger charge is -2.29. The van der Waals surface area contributed by atoms with Gasteiger partial charge in [-0.25, -0.2) is 5.14 Å². The Morgan fingerprint density at radius 3 is 2.55 bits per heavy atom. The van der Waals surface area contributed by atoms with Crippen molar-refractivity contribution in [2.75, 3.05) is 18.4 Å². The number of carbonyl (C=O) groups excluding carboxylic acids is 1. The number of amidine groups is 1. The van der Waals surface area contributed by atoms with E-state index in [0.717, 1.165) is 8.78 Å². The van der Waals surface area contributed by atoms with E-state index in [-0.39, 0.29) is 30.6 Å². The van der Waals surface area contributed by atoms with Gasteiger partial charge >= 0.3 is 0 Å². The molecular formula is C13H17BrN4O3S. The third-order valence-electron chi connectivity index (χ3n) is 3.52. The van der Waals surface area contributed by atoms with Gasteiger partial charge in [0, 0.05) is 29.2 Å². The smallest absolute Gasteiger partial charge is 0.276 e. The quantitative estimate of drug-likeness (QED) is 0.532. The SMILES string of the molecule is N=C(Nc1cccc(Br)c1)C(=O)C1CCN(S(N)(=O)=O)CC1. The summed E-state index contributed by atoms with van der Waals surface area (Å²) in [7, 11) is -3.70. The number of piperidine rings is 1. The highest BCUT2D eigenvalue weighted by atomic mass is 79.9. The molecule has 1 fully saturated rings. The third kappa shape index (κ3) is 4.35. The number of carbonyl (C=O) groups is 1. The van der Waals surface area contributed by atoms with Crippen molar-refractivity contribution in [2.24, 2.45) is 11.1 Å². The van der Waals surface area contributed by atoms with Crippen molar-refractivity contribution >= 4 is 43.4 Å². The van der Waals surface area contributed by atoms with Crippen LogP contribution in [-0.4, -0.2) is 37.4 Å². The average Bonchev–Trinajstić information content (AvgIpc) is 2.45. The van der Waals surface area contributed by atoms with Gasteiger partial charge in [-0.2, -0.15) is 12.7 Å². The van der Waals surface area contributed by atoms with Crippen molar-refractivity contribution in [2.45, 2.75) is 12.8 Å². The van der Waals surface area contributed by atoms with Gasteiger partial charge in [0.2, 0.25) is 5.78 Å². The Bertz CT molecular complexity index is 684. The predicted octanol–water partition coefficient (Wildman–Crippen LogP) is 1.32. The highest BCUT2D eigenvalue weighted by molar-refractivity contribution is 9.10. The first-order valence-electron chi connectivity index (χ1n) is 6.70. The minimum absolute atomic E-state index is 0.188. The monoisotopic (exact) mass is 388 g/mol. The minimum Gasteiger partial charge on any atom is -0.338 e. The number of benzene rings is 1. The molecule has 0 bridgehead atoms. The standard InChI is InChI=1S/C13H17BrN4O3S/c14-10-2-1-3-11(8-10)17-13(15)12(19)9-4-6-18(7-5-9)22(16,20)21/h1-3,8-9H,4-7H2,(H2,15,17)(H2,16,20,21). The van der Waals surface area contributed by atoms with Crippen LogP contribution in [0.2, 0.25) is 0 Å². The van der Waals surface area contributed by atoms with Crippen LogP contribution in [0.15, 0.2) is 28.7 Å². The highest BCUT2D eigenvalue weighted by Crippen LogP contribution is 2.21. The molecule has 0 atom stereocenters. The predicted molar refractivity (Wildman–Crippen MR) is 87.9 cm³/mol. The second kappa shape index (κ2) is 6.86. The zero-order valence-corrected chi connectivity index (χ0v) is 14.2. The number of halogens is 1. The van der Waals surface area contributed by atoms with Crippen molar-refractivity contribution in [1.29, 1.82) is 5.41 Å². The van der Waals surface area contributed by atoms with E-state index in [1.165, 1.54) is 0 Å². The molecule has 1 aromatic carbocycles. The Morgan fingerprint density at radius 2 is 2.00 bits per heavy atom. The Labute approximate surface area is 137 Å². The Balaban J connectivity index is 1.94. The maximum absolute atomic E-state index is 12.2. The largest absolute Gasteiger partial charge is 0.338 e. The van der Waals surface area contributed by atoms with Crippen LogP contribution < -0.4 is 10.5 Å². The molecule has 4 N–H and O–H groups in total. The minimum atomic E-state index is -3.70. The van der Waals surface area contributed by atoms with Crippen molar-refractivity contribution in [3.8, 4) is 0 Å². The molecule has 1 saturated heterocycles.